The molecule has 11 heteroatoms. The largest absolute Gasteiger partial charge is 0.496 e. The number of halogens is 3. The topological polar surface area (TPSA) is 93.9 Å². The third-order valence-electron chi connectivity index (χ3n) is 7.02. The molecule has 0 unspecified atom stereocenters. The van der Waals surface area contributed by atoms with Gasteiger partial charge in [0, 0.05) is 37.3 Å². The Labute approximate surface area is 223 Å². The van der Waals surface area contributed by atoms with E-state index in [1.54, 1.807) is 29.2 Å². The molecule has 0 aromatic heterocycles. The average molecular weight is 541 g/mol. The second kappa shape index (κ2) is 11.3. The lowest BCUT2D eigenvalue weighted by atomic mass is 10.1. The first-order valence-corrected chi connectivity index (χ1v) is 12.4. The third kappa shape index (κ3) is 5.66. The van der Waals surface area contributed by atoms with Crippen molar-refractivity contribution in [3.8, 4) is 11.8 Å². The SMILES string of the molecule is COc1ccccc1C(=O)N1CCN(CCCC2=C(C)C(=O)N(c3ccc(C#N)c(C(F)(F)F)c3)C2=O)CC1. The van der Waals surface area contributed by atoms with Gasteiger partial charge in [0.2, 0.25) is 0 Å². The van der Waals surface area contributed by atoms with Gasteiger partial charge in [-0.15, -0.1) is 0 Å². The van der Waals surface area contributed by atoms with E-state index in [4.69, 9.17) is 10.00 Å². The van der Waals surface area contributed by atoms with Gasteiger partial charge in [-0.2, -0.15) is 18.4 Å². The lowest BCUT2D eigenvalue weighted by Crippen LogP contribution is -2.48. The Hall–Kier alpha value is -4.17. The lowest BCUT2D eigenvalue weighted by molar-refractivity contribution is -0.138. The van der Waals surface area contributed by atoms with Crippen LogP contribution in [0.3, 0.4) is 0 Å². The second-order valence-corrected chi connectivity index (χ2v) is 9.33. The summed E-state index contributed by atoms with van der Waals surface area (Å²) in [6.07, 6.45) is -3.96. The van der Waals surface area contributed by atoms with Crippen LogP contribution in [0.25, 0.3) is 0 Å². The number of carbonyl (C=O) groups is 3. The van der Waals surface area contributed by atoms with E-state index in [1.165, 1.54) is 26.2 Å². The first-order valence-electron chi connectivity index (χ1n) is 12.4. The summed E-state index contributed by atoms with van der Waals surface area (Å²) in [5.41, 5.74) is -1.03. The number of piperazine rings is 1. The molecule has 2 aliphatic heterocycles. The van der Waals surface area contributed by atoms with Gasteiger partial charge in [-0.05, 0) is 56.6 Å². The van der Waals surface area contributed by atoms with Gasteiger partial charge in [-0.1, -0.05) is 12.1 Å². The summed E-state index contributed by atoms with van der Waals surface area (Å²) >= 11 is 0. The maximum absolute atomic E-state index is 13.4. The van der Waals surface area contributed by atoms with E-state index < -0.39 is 29.1 Å². The lowest BCUT2D eigenvalue weighted by Gasteiger charge is -2.35. The quantitative estimate of drug-likeness (QED) is 0.493. The maximum atomic E-state index is 13.4. The van der Waals surface area contributed by atoms with Crippen LogP contribution in [0.5, 0.6) is 5.75 Å². The number of para-hydroxylation sites is 1. The molecule has 0 radical (unpaired) electrons. The summed E-state index contributed by atoms with van der Waals surface area (Å²) in [5, 5.41) is 9.01. The number of carbonyl (C=O) groups excluding carboxylic acids is 3. The van der Waals surface area contributed by atoms with E-state index >= 15 is 0 Å². The Balaban J connectivity index is 1.34. The number of hydrogen-bond acceptors (Lipinski definition) is 6. The van der Waals surface area contributed by atoms with Crippen LogP contribution in [0.4, 0.5) is 18.9 Å². The minimum absolute atomic E-state index is 0.0977. The Morgan fingerprint density at radius 1 is 1.05 bits per heavy atom. The Kier molecular flexibility index (Phi) is 8.06. The summed E-state index contributed by atoms with van der Waals surface area (Å²) < 4.78 is 45.5. The first-order chi connectivity index (χ1) is 18.6. The fourth-order valence-corrected chi connectivity index (χ4v) is 4.86. The number of rotatable bonds is 7. The molecule has 3 amide bonds. The number of ether oxygens (including phenoxy) is 1. The van der Waals surface area contributed by atoms with Crippen molar-refractivity contribution in [1.82, 2.24) is 9.80 Å². The van der Waals surface area contributed by atoms with Crippen molar-refractivity contribution in [1.29, 1.82) is 5.26 Å². The molecular formula is C28H27F3N4O4. The molecule has 1 fully saturated rings. The minimum Gasteiger partial charge on any atom is -0.496 e. The van der Waals surface area contributed by atoms with Crippen LogP contribution in [0.1, 0.15) is 41.3 Å². The highest BCUT2D eigenvalue weighted by Gasteiger charge is 2.39. The summed E-state index contributed by atoms with van der Waals surface area (Å²) in [5.74, 6) is -0.896. The molecule has 2 aromatic rings. The summed E-state index contributed by atoms with van der Waals surface area (Å²) in [6.45, 7) is 4.47. The molecule has 204 valence electrons. The fourth-order valence-electron chi connectivity index (χ4n) is 4.86. The molecule has 0 bridgehead atoms. The van der Waals surface area contributed by atoms with Gasteiger partial charge < -0.3 is 9.64 Å². The van der Waals surface area contributed by atoms with Crippen LogP contribution < -0.4 is 9.64 Å². The van der Waals surface area contributed by atoms with Crippen LogP contribution in [0.15, 0.2) is 53.6 Å². The molecular weight excluding hydrogens is 513 g/mol. The highest BCUT2D eigenvalue weighted by Crippen LogP contribution is 2.36. The number of hydrogen-bond donors (Lipinski definition) is 0. The zero-order valence-corrected chi connectivity index (χ0v) is 21.5. The van der Waals surface area contributed by atoms with E-state index in [0.717, 1.165) is 11.0 Å². The molecule has 0 atom stereocenters. The van der Waals surface area contributed by atoms with Gasteiger partial charge >= 0.3 is 6.18 Å². The number of imide groups is 1. The first kappa shape index (κ1) is 27.9. The Morgan fingerprint density at radius 2 is 1.74 bits per heavy atom. The predicted molar refractivity (Wildman–Crippen MR) is 136 cm³/mol. The van der Waals surface area contributed by atoms with Crippen LogP contribution in [0.2, 0.25) is 0 Å². The number of anilines is 1. The maximum Gasteiger partial charge on any atom is 0.417 e. The predicted octanol–water partition coefficient (Wildman–Crippen LogP) is 4.01. The molecule has 39 heavy (non-hydrogen) atoms. The molecule has 0 spiro atoms. The Morgan fingerprint density at radius 3 is 2.38 bits per heavy atom. The van der Waals surface area contributed by atoms with Crippen LogP contribution >= 0.6 is 0 Å². The van der Waals surface area contributed by atoms with Gasteiger partial charge in [0.1, 0.15) is 5.75 Å². The van der Waals surface area contributed by atoms with Gasteiger partial charge in [-0.25, -0.2) is 4.90 Å². The van der Waals surface area contributed by atoms with Crippen molar-refractivity contribution in [3.63, 3.8) is 0 Å². The van der Waals surface area contributed by atoms with Gasteiger partial charge in [0.25, 0.3) is 17.7 Å². The normalized spacial score (nSPS) is 16.6. The molecule has 2 heterocycles. The van der Waals surface area contributed by atoms with Crippen molar-refractivity contribution in [2.45, 2.75) is 25.9 Å². The summed E-state index contributed by atoms with van der Waals surface area (Å²) in [6, 6.07) is 11.4. The zero-order chi connectivity index (χ0) is 28.3. The van der Waals surface area contributed by atoms with E-state index in [2.05, 4.69) is 4.90 Å². The van der Waals surface area contributed by atoms with E-state index in [0.29, 0.717) is 56.5 Å². The second-order valence-electron chi connectivity index (χ2n) is 9.33. The average Bonchev–Trinajstić information content (AvgIpc) is 3.15. The van der Waals surface area contributed by atoms with Crippen molar-refractivity contribution in [3.05, 3.63) is 70.3 Å². The number of nitrogens with zero attached hydrogens (tertiary/aromatic N) is 4. The number of methoxy groups -OCH3 is 1. The molecule has 2 aromatic carbocycles. The standard InChI is InChI=1S/C28H27F3N4O4/c1-18-21(27(38)35(25(18)36)20-10-9-19(17-32)23(16-20)28(29,30)31)7-5-11-33-12-14-34(15-13-33)26(37)22-6-3-4-8-24(22)39-2/h3-4,6,8-10,16H,5,7,11-15H2,1-2H3. The molecule has 0 saturated carbocycles. The third-order valence-corrected chi connectivity index (χ3v) is 7.02. The number of amides is 3. The molecule has 1 saturated heterocycles. The highest BCUT2D eigenvalue weighted by molar-refractivity contribution is 6.32. The van der Waals surface area contributed by atoms with Crippen molar-refractivity contribution >= 4 is 23.4 Å². The van der Waals surface area contributed by atoms with Crippen LogP contribution in [-0.2, 0) is 15.8 Å². The molecule has 0 N–H and O–H groups in total. The summed E-state index contributed by atoms with van der Waals surface area (Å²) in [4.78, 5) is 43.5. The van der Waals surface area contributed by atoms with E-state index in [9.17, 15) is 27.6 Å². The van der Waals surface area contributed by atoms with E-state index in [1.807, 2.05) is 0 Å². The fraction of sp³-hybridized carbons (Fsp3) is 0.357. The molecule has 4 rings (SSSR count). The molecule has 8 nitrogen and oxygen atoms in total. The van der Waals surface area contributed by atoms with Gasteiger partial charge in [0.05, 0.1) is 35.6 Å². The number of alkyl halides is 3. The molecule has 2 aliphatic rings. The number of benzene rings is 2. The van der Waals surface area contributed by atoms with Gasteiger partial charge in [0.15, 0.2) is 0 Å². The highest BCUT2D eigenvalue weighted by atomic mass is 19.4. The van der Waals surface area contributed by atoms with E-state index in [-0.39, 0.29) is 29.2 Å². The zero-order valence-electron chi connectivity index (χ0n) is 21.5. The van der Waals surface area contributed by atoms with Crippen molar-refractivity contribution < 1.29 is 32.3 Å². The van der Waals surface area contributed by atoms with Crippen molar-refractivity contribution in [2.75, 3.05) is 44.7 Å². The van der Waals surface area contributed by atoms with Gasteiger partial charge in [-0.3, -0.25) is 19.3 Å². The minimum atomic E-state index is -4.81. The smallest absolute Gasteiger partial charge is 0.417 e. The van der Waals surface area contributed by atoms with Crippen LogP contribution in [-0.4, -0.2) is 67.4 Å². The number of nitriles is 1. The Bertz CT molecular complexity index is 1370. The molecule has 0 aliphatic carbocycles. The summed E-state index contributed by atoms with van der Waals surface area (Å²) in [7, 11) is 1.52. The van der Waals surface area contributed by atoms with Crippen molar-refractivity contribution in [2.24, 2.45) is 0 Å². The van der Waals surface area contributed by atoms with Crippen LogP contribution in [0, 0.1) is 11.3 Å². The monoisotopic (exact) mass is 540 g/mol.